The Morgan fingerprint density at radius 3 is 2.35 bits per heavy atom. The van der Waals surface area contributed by atoms with Crippen LogP contribution in [0.25, 0.3) is 11.1 Å². The van der Waals surface area contributed by atoms with Crippen LogP contribution in [0.2, 0.25) is 0 Å². The van der Waals surface area contributed by atoms with Gasteiger partial charge in [-0.05, 0) is 11.1 Å². The monoisotopic (exact) mass is 306 g/mol. The fourth-order valence-electron chi connectivity index (χ4n) is 2.34. The molecule has 23 heavy (non-hydrogen) atoms. The van der Waals surface area contributed by atoms with Gasteiger partial charge in [-0.2, -0.15) is 0 Å². The largest absolute Gasteiger partial charge is 0.410 e. The molecule has 0 aliphatic rings. The molecule has 0 aliphatic heterocycles. The van der Waals surface area contributed by atoms with Crippen LogP contribution < -0.4 is 4.74 Å². The van der Waals surface area contributed by atoms with Gasteiger partial charge in [0.2, 0.25) is 11.7 Å². The van der Waals surface area contributed by atoms with Gasteiger partial charge in [0.15, 0.2) is 5.82 Å². The number of carbonyl (C=O) groups is 2. The second kappa shape index (κ2) is 6.27. The van der Waals surface area contributed by atoms with Crippen molar-refractivity contribution in [2.45, 2.75) is 0 Å². The standard InChI is InChI=1S/C18H14N2O3/c1-20-16(23-12-21)11-19-18(20)17(22)15-9-7-14(8-10-15)13-5-3-2-4-6-13/h2-12H,1H3. The third kappa shape index (κ3) is 2.89. The van der Waals surface area contributed by atoms with E-state index in [1.807, 2.05) is 42.5 Å². The summed E-state index contributed by atoms with van der Waals surface area (Å²) in [5.74, 6) is 0.214. The average molecular weight is 306 g/mol. The summed E-state index contributed by atoms with van der Waals surface area (Å²) in [7, 11) is 1.62. The molecule has 2 aromatic carbocycles. The van der Waals surface area contributed by atoms with E-state index in [1.54, 1.807) is 19.2 Å². The molecule has 0 unspecified atom stereocenters. The molecular formula is C18H14N2O3. The first kappa shape index (κ1) is 14.7. The Labute approximate surface area is 133 Å². The molecule has 114 valence electrons. The van der Waals surface area contributed by atoms with Crippen molar-refractivity contribution in [1.82, 2.24) is 9.55 Å². The lowest BCUT2D eigenvalue weighted by Gasteiger charge is -2.05. The van der Waals surface area contributed by atoms with Crippen molar-refractivity contribution in [3.63, 3.8) is 0 Å². The van der Waals surface area contributed by atoms with E-state index in [4.69, 9.17) is 4.74 Å². The molecule has 5 heteroatoms. The predicted molar refractivity (Wildman–Crippen MR) is 85.2 cm³/mol. The lowest BCUT2D eigenvalue weighted by atomic mass is 10.0. The highest BCUT2D eigenvalue weighted by Gasteiger charge is 2.17. The summed E-state index contributed by atoms with van der Waals surface area (Å²) in [5, 5.41) is 0. The molecule has 0 N–H and O–H groups in total. The van der Waals surface area contributed by atoms with E-state index in [2.05, 4.69) is 4.98 Å². The molecule has 0 radical (unpaired) electrons. The summed E-state index contributed by atoms with van der Waals surface area (Å²) < 4.78 is 6.19. The van der Waals surface area contributed by atoms with Crippen LogP contribution in [0.5, 0.6) is 5.88 Å². The number of nitrogens with zero attached hydrogens (tertiary/aromatic N) is 2. The zero-order chi connectivity index (χ0) is 16.2. The van der Waals surface area contributed by atoms with Crippen molar-refractivity contribution in [2.75, 3.05) is 0 Å². The Morgan fingerprint density at radius 1 is 1.04 bits per heavy atom. The van der Waals surface area contributed by atoms with Gasteiger partial charge in [0.1, 0.15) is 0 Å². The molecule has 5 nitrogen and oxygen atoms in total. The minimum absolute atomic E-state index is 0.217. The Kier molecular flexibility index (Phi) is 4.01. The van der Waals surface area contributed by atoms with Crippen molar-refractivity contribution in [3.05, 3.63) is 72.2 Å². The number of hydrogen-bond acceptors (Lipinski definition) is 4. The topological polar surface area (TPSA) is 61.2 Å². The first-order valence-electron chi connectivity index (χ1n) is 7.03. The second-order valence-electron chi connectivity index (χ2n) is 4.97. The maximum absolute atomic E-state index is 12.5. The lowest BCUT2D eigenvalue weighted by Crippen LogP contribution is -2.10. The number of benzene rings is 2. The van der Waals surface area contributed by atoms with Crippen LogP contribution in [0.3, 0.4) is 0 Å². The van der Waals surface area contributed by atoms with Gasteiger partial charge in [-0.1, -0.05) is 54.6 Å². The first-order valence-corrected chi connectivity index (χ1v) is 7.03. The number of hydrogen-bond donors (Lipinski definition) is 0. The normalized spacial score (nSPS) is 10.3. The molecule has 3 rings (SSSR count). The van der Waals surface area contributed by atoms with Crippen molar-refractivity contribution >= 4 is 12.3 Å². The zero-order valence-electron chi connectivity index (χ0n) is 12.5. The smallest absolute Gasteiger partial charge is 0.299 e. The predicted octanol–water partition coefficient (Wildman–Crippen LogP) is 2.85. The SMILES string of the molecule is Cn1c(OC=O)cnc1C(=O)c1ccc(-c2ccccc2)cc1. The number of imidazole rings is 1. The van der Waals surface area contributed by atoms with E-state index >= 15 is 0 Å². The highest BCUT2D eigenvalue weighted by molar-refractivity contribution is 6.07. The van der Waals surface area contributed by atoms with Crippen molar-refractivity contribution in [2.24, 2.45) is 7.05 Å². The molecule has 1 heterocycles. The molecular weight excluding hydrogens is 292 g/mol. The Bertz CT molecular complexity index is 836. The van der Waals surface area contributed by atoms with E-state index < -0.39 is 0 Å². The Balaban J connectivity index is 1.87. The van der Waals surface area contributed by atoms with Crippen molar-refractivity contribution < 1.29 is 14.3 Å². The summed E-state index contributed by atoms with van der Waals surface area (Å²) in [4.78, 5) is 26.9. The van der Waals surface area contributed by atoms with Crippen LogP contribution in [0.4, 0.5) is 0 Å². The van der Waals surface area contributed by atoms with Crippen LogP contribution in [0.1, 0.15) is 16.2 Å². The van der Waals surface area contributed by atoms with Gasteiger partial charge in [0, 0.05) is 12.6 Å². The molecule has 0 atom stereocenters. The second-order valence-corrected chi connectivity index (χ2v) is 4.97. The third-order valence-corrected chi connectivity index (χ3v) is 3.57. The Hall–Kier alpha value is -3.21. The maximum Gasteiger partial charge on any atom is 0.299 e. The lowest BCUT2D eigenvalue weighted by molar-refractivity contribution is -0.121. The van der Waals surface area contributed by atoms with Gasteiger partial charge in [-0.3, -0.25) is 14.2 Å². The van der Waals surface area contributed by atoms with E-state index in [-0.39, 0.29) is 17.5 Å². The quantitative estimate of drug-likeness (QED) is 0.537. The molecule has 0 fully saturated rings. The zero-order valence-corrected chi connectivity index (χ0v) is 12.5. The summed E-state index contributed by atoms with van der Waals surface area (Å²) in [6, 6.07) is 17.2. The molecule has 3 aromatic rings. The number of carbonyl (C=O) groups excluding carboxylic acids is 2. The van der Waals surface area contributed by atoms with Gasteiger partial charge < -0.3 is 4.74 Å². The van der Waals surface area contributed by atoms with Crippen LogP contribution >= 0.6 is 0 Å². The van der Waals surface area contributed by atoms with E-state index in [1.165, 1.54) is 10.8 Å². The molecule has 0 aliphatic carbocycles. The van der Waals surface area contributed by atoms with Gasteiger partial charge in [-0.25, -0.2) is 4.98 Å². The maximum atomic E-state index is 12.5. The third-order valence-electron chi connectivity index (χ3n) is 3.57. The van der Waals surface area contributed by atoms with Gasteiger partial charge in [-0.15, -0.1) is 0 Å². The Morgan fingerprint density at radius 2 is 1.70 bits per heavy atom. The molecule has 0 saturated heterocycles. The van der Waals surface area contributed by atoms with Gasteiger partial charge >= 0.3 is 0 Å². The number of aromatic nitrogens is 2. The molecule has 0 amide bonds. The van der Waals surface area contributed by atoms with E-state index in [0.29, 0.717) is 12.0 Å². The van der Waals surface area contributed by atoms with Gasteiger partial charge in [0.25, 0.3) is 6.47 Å². The average Bonchev–Trinajstić information content (AvgIpc) is 2.96. The first-order chi connectivity index (χ1) is 11.2. The molecule has 0 bridgehead atoms. The highest BCUT2D eigenvalue weighted by atomic mass is 16.5. The van der Waals surface area contributed by atoms with E-state index in [9.17, 15) is 9.59 Å². The summed E-state index contributed by atoms with van der Waals surface area (Å²) in [5.41, 5.74) is 2.65. The minimum atomic E-state index is -0.229. The minimum Gasteiger partial charge on any atom is -0.410 e. The fourth-order valence-corrected chi connectivity index (χ4v) is 2.34. The van der Waals surface area contributed by atoms with Gasteiger partial charge in [0.05, 0.1) is 6.20 Å². The highest BCUT2D eigenvalue weighted by Crippen LogP contribution is 2.21. The summed E-state index contributed by atoms with van der Waals surface area (Å²) in [6.45, 7) is 0.305. The van der Waals surface area contributed by atoms with E-state index in [0.717, 1.165) is 11.1 Å². The number of ether oxygens (including phenoxy) is 1. The van der Waals surface area contributed by atoms with Crippen LogP contribution in [-0.2, 0) is 11.8 Å². The molecule has 1 aromatic heterocycles. The number of rotatable bonds is 5. The fraction of sp³-hybridized carbons (Fsp3) is 0.0556. The van der Waals surface area contributed by atoms with Crippen LogP contribution in [0, 0.1) is 0 Å². The van der Waals surface area contributed by atoms with Crippen LogP contribution in [-0.4, -0.2) is 21.8 Å². The summed E-state index contributed by atoms with van der Waals surface area (Å²) in [6.07, 6.45) is 1.35. The molecule has 0 spiro atoms. The summed E-state index contributed by atoms with van der Waals surface area (Å²) >= 11 is 0. The van der Waals surface area contributed by atoms with Crippen molar-refractivity contribution in [1.29, 1.82) is 0 Å². The number of ketones is 1. The molecule has 0 saturated carbocycles. The van der Waals surface area contributed by atoms with Crippen molar-refractivity contribution in [3.8, 4) is 17.0 Å². The van der Waals surface area contributed by atoms with Crippen LogP contribution in [0.15, 0.2) is 60.8 Å².